The Balaban J connectivity index is 2.56. The second-order valence-electron chi connectivity index (χ2n) is 4.95. The molecular formula is C11H16O8. The van der Waals surface area contributed by atoms with E-state index in [1.165, 1.54) is 0 Å². The quantitative estimate of drug-likeness (QED) is 0.396. The summed E-state index contributed by atoms with van der Waals surface area (Å²) in [5.74, 6) is -4.91. The van der Waals surface area contributed by atoms with E-state index < -0.39 is 47.2 Å². The molecule has 2 fully saturated rings. The molecule has 2 rings (SSSR count). The largest absolute Gasteiger partial charge is 0.467 e. The molecule has 0 saturated heterocycles. The van der Waals surface area contributed by atoms with Crippen LogP contribution in [0.25, 0.3) is 0 Å². The number of methoxy groups -OCH3 is 2. The van der Waals surface area contributed by atoms with Gasteiger partial charge >= 0.3 is 11.9 Å². The first-order valence-corrected chi connectivity index (χ1v) is 5.74. The Labute approximate surface area is 108 Å². The number of ether oxygens (including phenoxy) is 2. The van der Waals surface area contributed by atoms with Crippen LogP contribution in [0.5, 0.6) is 0 Å². The number of rotatable bonds is 2. The predicted octanol–water partition coefficient (Wildman–Crippen LogP) is -2.83. The van der Waals surface area contributed by atoms with Gasteiger partial charge in [-0.3, -0.25) is 0 Å². The van der Waals surface area contributed by atoms with Gasteiger partial charge < -0.3 is 29.9 Å². The summed E-state index contributed by atoms with van der Waals surface area (Å²) in [6.45, 7) is 0. The van der Waals surface area contributed by atoms with Crippen LogP contribution >= 0.6 is 0 Å². The number of hydrogen-bond acceptors (Lipinski definition) is 8. The molecule has 108 valence electrons. The molecule has 0 aromatic rings. The van der Waals surface area contributed by atoms with E-state index in [4.69, 9.17) is 0 Å². The molecule has 0 spiro atoms. The molecule has 2 aliphatic rings. The molecular weight excluding hydrogens is 260 g/mol. The Hall–Kier alpha value is -1.22. The molecule has 2 bridgehead atoms. The molecule has 0 amide bonds. The average Bonchev–Trinajstić information content (AvgIpc) is 2.83. The van der Waals surface area contributed by atoms with E-state index in [1.54, 1.807) is 0 Å². The third-order valence-corrected chi connectivity index (χ3v) is 4.33. The molecule has 8 heteroatoms. The van der Waals surface area contributed by atoms with Crippen LogP contribution in [-0.4, -0.2) is 70.0 Å². The highest BCUT2D eigenvalue weighted by atomic mass is 16.6. The number of aliphatic hydroxyl groups is 4. The maximum atomic E-state index is 11.8. The van der Waals surface area contributed by atoms with Crippen LogP contribution in [-0.2, 0) is 19.1 Å². The van der Waals surface area contributed by atoms with E-state index in [2.05, 4.69) is 9.47 Å². The topological polar surface area (TPSA) is 134 Å². The summed E-state index contributed by atoms with van der Waals surface area (Å²) in [7, 11) is 1.96. The highest BCUT2D eigenvalue weighted by Crippen LogP contribution is 2.57. The van der Waals surface area contributed by atoms with Crippen LogP contribution in [0, 0.1) is 11.8 Å². The van der Waals surface area contributed by atoms with Crippen molar-refractivity contribution in [2.45, 2.75) is 29.8 Å². The van der Waals surface area contributed by atoms with Crippen molar-refractivity contribution in [3.05, 3.63) is 0 Å². The standard InChI is InChI=1S/C11H16O8/c1-18-8(14)10(16)4-3-5(7(13)6(4)12)11(10,17)9(15)19-2/h4-7,12-13,16-17H,3H2,1-2H3. The summed E-state index contributed by atoms with van der Waals surface area (Å²) < 4.78 is 8.83. The zero-order chi connectivity index (χ0) is 14.6. The molecule has 2 saturated carbocycles. The first-order valence-electron chi connectivity index (χ1n) is 5.74. The zero-order valence-electron chi connectivity index (χ0n) is 10.4. The summed E-state index contributed by atoms with van der Waals surface area (Å²) in [4.78, 5) is 23.6. The lowest BCUT2D eigenvalue weighted by atomic mass is 9.69. The van der Waals surface area contributed by atoms with Gasteiger partial charge in [-0.15, -0.1) is 0 Å². The van der Waals surface area contributed by atoms with E-state index in [0.717, 1.165) is 14.2 Å². The average molecular weight is 276 g/mol. The third-order valence-electron chi connectivity index (χ3n) is 4.33. The molecule has 0 aliphatic heterocycles. The van der Waals surface area contributed by atoms with Crippen molar-refractivity contribution in [2.24, 2.45) is 11.8 Å². The lowest BCUT2D eigenvalue weighted by Gasteiger charge is -2.45. The minimum absolute atomic E-state index is 0.0977. The van der Waals surface area contributed by atoms with Gasteiger partial charge in [-0.25, -0.2) is 9.59 Å². The van der Waals surface area contributed by atoms with Crippen molar-refractivity contribution in [1.29, 1.82) is 0 Å². The lowest BCUT2D eigenvalue weighted by molar-refractivity contribution is -0.243. The smallest absolute Gasteiger partial charge is 0.342 e. The van der Waals surface area contributed by atoms with Crippen molar-refractivity contribution < 1.29 is 39.5 Å². The third kappa shape index (κ3) is 1.37. The van der Waals surface area contributed by atoms with Crippen LogP contribution in [0.4, 0.5) is 0 Å². The van der Waals surface area contributed by atoms with Gasteiger partial charge in [0.25, 0.3) is 0 Å². The summed E-state index contributed by atoms with van der Waals surface area (Å²) in [6, 6.07) is 0. The van der Waals surface area contributed by atoms with Gasteiger partial charge in [0.05, 0.1) is 26.4 Å². The maximum Gasteiger partial charge on any atom is 0.342 e. The van der Waals surface area contributed by atoms with Crippen LogP contribution < -0.4 is 0 Å². The van der Waals surface area contributed by atoms with E-state index in [-0.39, 0.29) is 6.42 Å². The second-order valence-corrected chi connectivity index (χ2v) is 4.95. The Kier molecular flexibility index (Phi) is 3.09. The molecule has 19 heavy (non-hydrogen) atoms. The molecule has 0 radical (unpaired) electrons. The molecule has 6 atom stereocenters. The van der Waals surface area contributed by atoms with Crippen LogP contribution in [0.3, 0.4) is 0 Å². The van der Waals surface area contributed by atoms with E-state index >= 15 is 0 Å². The number of carbonyl (C=O) groups is 2. The summed E-state index contributed by atoms with van der Waals surface area (Å²) >= 11 is 0. The van der Waals surface area contributed by atoms with Gasteiger partial charge in [-0.05, 0) is 6.42 Å². The minimum Gasteiger partial charge on any atom is -0.467 e. The first kappa shape index (κ1) is 14.2. The minimum atomic E-state index is -2.64. The van der Waals surface area contributed by atoms with Crippen molar-refractivity contribution in [2.75, 3.05) is 14.2 Å². The normalized spacial score (nSPS) is 48.1. The number of hydrogen-bond donors (Lipinski definition) is 4. The Morgan fingerprint density at radius 1 is 0.947 bits per heavy atom. The molecule has 0 heterocycles. The second kappa shape index (κ2) is 4.14. The lowest BCUT2D eigenvalue weighted by Crippen LogP contribution is -2.72. The van der Waals surface area contributed by atoms with Gasteiger partial charge in [-0.1, -0.05) is 0 Å². The predicted molar refractivity (Wildman–Crippen MR) is 57.5 cm³/mol. The van der Waals surface area contributed by atoms with Gasteiger partial charge in [-0.2, -0.15) is 0 Å². The van der Waals surface area contributed by atoms with E-state index in [0.29, 0.717) is 0 Å². The van der Waals surface area contributed by atoms with E-state index in [1.807, 2.05) is 0 Å². The molecule has 8 nitrogen and oxygen atoms in total. The SMILES string of the molecule is COC(=O)C1(O)C2CC(C(O)C2O)C1(O)C(=O)OC. The van der Waals surface area contributed by atoms with Gasteiger partial charge in [0, 0.05) is 11.8 Å². The molecule has 2 aliphatic carbocycles. The van der Waals surface area contributed by atoms with Crippen LogP contribution in [0.15, 0.2) is 0 Å². The van der Waals surface area contributed by atoms with Crippen molar-refractivity contribution in [3.63, 3.8) is 0 Å². The summed E-state index contributed by atoms with van der Waals surface area (Å²) in [6.07, 6.45) is -2.96. The van der Waals surface area contributed by atoms with Gasteiger partial charge in [0.1, 0.15) is 0 Å². The molecule has 0 aromatic heterocycles. The molecule has 4 N–H and O–H groups in total. The monoisotopic (exact) mass is 276 g/mol. The summed E-state index contributed by atoms with van der Waals surface area (Å²) in [5, 5.41) is 40.5. The molecule has 0 aromatic carbocycles. The van der Waals surface area contributed by atoms with Crippen LogP contribution in [0.1, 0.15) is 6.42 Å². The Bertz CT molecular complexity index is 385. The fraction of sp³-hybridized carbons (Fsp3) is 0.818. The van der Waals surface area contributed by atoms with Gasteiger partial charge in [0.15, 0.2) is 0 Å². The molecule has 6 unspecified atom stereocenters. The number of aliphatic hydroxyl groups excluding tert-OH is 2. The number of carbonyl (C=O) groups excluding carboxylic acids is 2. The first-order chi connectivity index (χ1) is 8.76. The fourth-order valence-corrected chi connectivity index (χ4v) is 3.35. The number of esters is 2. The Morgan fingerprint density at radius 3 is 1.53 bits per heavy atom. The number of fused-ring (bicyclic) bond motifs is 2. The van der Waals surface area contributed by atoms with Crippen molar-refractivity contribution in [3.8, 4) is 0 Å². The van der Waals surface area contributed by atoms with Crippen LogP contribution in [0.2, 0.25) is 0 Å². The van der Waals surface area contributed by atoms with Gasteiger partial charge in [0.2, 0.25) is 11.2 Å². The maximum absolute atomic E-state index is 11.8. The Morgan fingerprint density at radius 2 is 1.26 bits per heavy atom. The highest BCUT2D eigenvalue weighted by molar-refractivity contribution is 5.94. The van der Waals surface area contributed by atoms with E-state index in [9.17, 15) is 30.0 Å². The zero-order valence-corrected chi connectivity index (χ0v) is 10.4. The highest BCUT2D eigenvalue weighted by Gasteiger charge is 2.80. The summed E-state index contributed by atoms with van der Waals surface area (Å²) in [5.41, 5.74) is -5.28. The van der Waals surface area contributed by atoms with Crippen molar-refractivity contribution in [1.82, 2.24) is 0 Å². The van der Waals surface area contributed by atoms with Crippen molar-refractivity contribution >= 4 is 11.9 Å². The fourth-order valence-electron chi connectivity index (χ4n) is 3.35.